The maximum absolute atomic E-state index is 12.0. The lowest BCUT2D eigenvalue weighted by atomic mass is 9.86. The second kappa shape index (κ2) is 7.66. The molecule has 0 heterocycles. The molecule has 0 aliphatic heterocycles. The lowest BCUT2D eigenvalue weighted by Gasteiger charge is -2.27. The fraction of sp³-hybridized carbons (Fsp3) is 0.562. The Morgan fingerprint density at radius 2 is 2.19 bits per heavy atom. The van der Waals surface area contributed by atoms with E-state index in [1.165, 1.54) is 0 Å². The van der Waals surface area contributed by atoms with Gasteiger partial charge in [-0.2, -0.15) is 0 Å². The van der Waals surface area contributed by atoms with Crippen LogP contribution in [-0.4, -0.2) is 30.8 Å². The number of carbonyl (C=O) groups excluding carboxylic acids is 1. The largest absolute Gasteiger partial charge is 0.497 e. The predicted molar refractivity (Wildman–Crippen MR) is 82.7 cm³/mol. The predicted octanol–water partition coefficient (Wildman–Crippen LogP) is 2.56. The van der Waals surface area contributed by atoms with Gasteiger partial charge >= 0.3 is 0 Å². The van der Waals surface area contributed by atoms with Gasteiger partial charge in [-0.1, -0.05) is 30.5 Å². The van der Waals surface area contributed by atoms with E-state index in [1.54, 1.807) is 25.3 Å². The molecule has 5 heteroatoms. The molecule has 0 aromatic heterocycles. The van der Waals surface area contributed by atoms with Crippen molar-refractivity contribution in [3.63, 3.8) is 0 Å². The van der Waals surface area contributed by atoms with Crippen LogP contribution in [0.1, 0.15) is 31.2 Å². The molecule has 1 aliphatic rings. The van der Waals surface area contributed by atoms with E-state index in [1.807, 2.05) is 0 Å². The minimum atomic E-state index is -0.288. The van der Waals surface area contributed by atoms with Crippen LogP contribution in [0.2, 0.25) is 5.02 Å². The number of carbonyl (C=O) groups is 1. The van der Waals surface area contributed by atoms with E-state index in [0.29, 0.717) is 17.3 Å². The number of rotatable bonds is 5. The summed E-state index contributed by atoms with van der Waals surface area (Å²) in [6.45, 7) is 0.535. The number of aliphatic hydroxyl groups is 1. The van der Waals surface area contributed by atoms with Gasteiger partial charge in [-0.05, 0) is 30.5 Å². The average Bonchev–Trinajstić information content (AvgIpc) is 2.48. The second-order valence-corrected chi connectivity index (χ2v) is 5.96. The summed E-state index contributed by atoms with van der Waals surface area (Å²) in [4.78, 5) is 12.0. The Balaban J connectivity index is 1.84. The van der Waals surface area contributed by atoms with Crippen molar-refractivity contribution in [3.05, 3.63) is 28.8 Å². The van der Waals surface area contributed by atoms with E-state index < -0.39 is 0 Å². The lowest BCUT2D eigenvalue weighted by molar-refractivity contribution is -0.120. The maximum atomic E-state index is 12.0. The highest BCUT2D eigenvalue weighted by molar-refractivity contribution is 6.31. The zero-order valence-corrected chi connectivity index (χ0v) is 13.0. The van der Waals surface area contributed by atoms with Gasteiger partial charge in [-0.3, -0.25) is 4.79 Å². The van der Waals surface area contributed by atoms with Gasteiger partial charge in [0.2, 0.25) is 5.91 Å². The number of benzene rings is 1. The van der Waals surface area contributed by atoms with Crippen LogP contribution in [0, 0.1) is 5.92 Å². The van der Waals surface area contributed by atoms with Crippen LogP contribution in [0.5, 0.6) is 5.75 Å². The number of amides is 1. The molecule has 0 spiro atoms. The molecule has 0 unspecified atom stereocenters. The van der Waals surface area contributed by atoms with E-state index in [9.17, 15) is 9.90 Å². The summed E-state index contributed by atoms with van der Waals surface area (Å²) in [5.74, 6) is 0.781. The molecule has 116 valence electrons. The summed E-state index contributed by atoms with van der Waals surface area (Å²) in [7, 11) is 1.58. The molecule has 4 nitrogen and oxygen atoms in total. The molecule has 1 saturated carbocycles. The first-order valence-electron chi connectivity index (χ1n) is 7.37. The van der Waals surface area contributed by atoms with Gasteiger partial charge in [-0.15, -0.1) is 0 Å². The highest BCUT2D eigenvalue weighted by Gasteiger charge is 2.23. The number of hydrogen-bond acceptors (Lipinski definition) is 3. The molecule has 2 atom stereocenters. The van der Waals surface area contributed by atoms with Crippen LogP contribution in [0.3, 0.4) is 0 Å². The van der Waals surface area contributed by atoms with Crippen molar-refractivity contribution in [1.82, 2.24) is 5.32 Å². The minimum absolute atomic E-state index is 0.0696. The third-order valence-corrected chi connectivity index (χ3v) is 4.39. The van der Waals surface area contributed by atoms with Crippen LogP contribution >= 0.6 is 11.6 Å². The number of nitrogens with one attached hydrogen (secondary N) is 1. The summed E-state index contributed by atoms with van der Waals surface area (Å²) in [6.07, 6.45) is 3.97. The van der Waals surface area contributed by atoms with Crippen molar-refractivity contribution in [1.29, 1.82) is 0 Å². The number of halogens is 1. The Labute approximate surface area is 130 Å². The van der Waals surface area contributed by atoms with Gasteiger partial charge < -0.3 is 15.2 Å². The Morgan fingerprint density at radius 3 is 2.86 bits per heavy atom. The standard InChI is InChI=1S/C16H22ClNO3/c1-21-13-7-6-11(14(17)9-13)8-16(20)18-10-12-4-2-3-5-15(12)19/h6-7,9,12,15,19H,2-5,8,10H2,1H3,(H,18,20)/t12-,15-/m1/s1. The Bertz CT molecular complexity index is 492. The van der Waals surface area contributed by atoms with Crippen LogP contribution < -0.4 is 10.1 Å². The fourth-order valence-electron chi connectivity index (χ4n) is 2.70. The molecule has 1 aliphatic carbocycles. The number of ether oxygens (including phenoxy) is 1. The molecular weight excluding hydrogens is 290 g/mol. The summed E-state index contributed by atoms with van der Waals surface area (Å²) >= 11 is 6.12. The van der Waals surface area contributed by atoms with Gasteiger partial charge in [0.1, 0.15) is 5.75 Å². The minimum Gasteiger partial charge on any atom is -0.497 e. The second-order valence-electron chi connectivity index (χ2n) is 5.55. The molecule has 0 radical (unpaired) electrons. The third-order valence-electron chi connectivity index (χ3n) is 4.04. The monoisotopic (exact) mass is 311 g/mol. The van der Waals surface area contributed by atoms with Crippen molar-refractivity contribution >= 4 is 17.5 Å². The van der Waals surface area contributed by atoms with Crippen LogP contribution in [0.25, 0.3) is 0 Å². The Morgan fingerprint density at radius 1 is 1.43 bits per heavy atom. The first-order chi connectivity index (χ1) is 10.1. The first kappa shape index (κ1) is 16.1. The summed E-state index contributed by atoms with van der Waals surface area (Å²) in [5, 5.41) is 13.3. The SMILES string of the molecule is COc1ccc(CC(=O)NC[C@H]2CCCC[C@H]2O)c(Cl)c1. The topological polar surface area (TPSA) is 58.6 Å². The third kappa shape index (κ3) is 4.61. The Hall–Kier alpha value is -1.26. The zero-order valence-electron chi connectivity index (χ0n) is 12.3. The van der Waals surface area contributed by atoms with E-state index in [2.05, 4.69) is 5.32 Å². The molecule has 21 heavy (non-hydrogen) atoms. The van der Waals surface area contributed by atoms with Crippen LogP contribution in [0.15, 0.2) is 18.2 Å². The Kier molecular flexibility index (Phi) is 5.88. The van der Waals surface area contributed by atoms with E-state index >= 15 is 0 Å². The average molecular weight is 312 g/mol. The van der Waals surface area contributed by atoms with Gasteiger partial charge in [0.05, 0.1) is 19.6 Å². The molecule has 2 rings (SSSR count). The van der Waals surface area contributed by atoms with Crippen LogP contribution in [-0.2, 0) is 11.2 Å². The maximum Gasteiger partial charge on any atom is 0.224 e. The molecule has 1 amide bonds. The van der Waals surface area contributed by atoms with Crippen molar-refractivity contribution in [2.24, 2.45) is 5.92 Å². The van der Waals surface area contributed by atoms with E-state index in [4.69, 9.17) is 16.3 Å². The van der Waals surface area contributed by atoms with Gasteiger partial charge in [0.15, 0.2) is 0 Å². The first-order valence-corrected chi connectivity index (χ1v) is 7.75. The van der Waals surface area contributed by atoms with Crippen molar-refractivity contribution in [2.75, 3.05) is 13.7 Å². The van der Waals surface area contributed by atoms with Crippen LogP contribution in [0.4, 0.5) is 0 Å². The molecule has 1 aromatic carbocycles. The molecule has 2 N–H and O–H groups in total. The highest BCUT2D eigenvalue weighted by atomic mass is 35.5. The van der Waals surface area contributed by atoms with E-state index in [-0.39, 0.29) is 24.3 Å². The van der Waals surface area contributed by atoms with Crippen molar-refractivity contribution < 1.29 is 14.6 Å². The summed E-state index contributed by atoms with van der Waals surface area (Å²) in [5.41, 5.74) is 0.777. The molecule has 1 fully saturated rings. The highest BCUT2D eigenvalue weighted by Crippen LogP contribution is 2.24. The number of methoxy groups -OCH3 is 1. The van der Waals surface area contributed by atoms with Crippen molar-refractivity contribution in [3.8, 4) is 5.75 Å². The van der Waals surface area contributed by atoms with Crippen molar-refractivity contribution in [2.45, 2.75) is 38.2 Å². The lowest BCUT2D eigenvalue weighted by Crippen LogP contribution is -2.37. The number of hydrogen-bond donors (Lipinski definition) is 2. The zero-order chi connectivity index (χ0) is 15.2. The number of aliphatic hydroxyl groups excluding tert-OH is 1. The molecular formula is C16H22ClNO3. The van der Waals surface area contributed by atoms with E-state index in [0.717, 1.165) is 31.2 Å². The van der Waals surface area contributed by atoms with Gasteiger partial charge in [-0.25, -0.2) is 0 Å². The van der Waals surface area contributed by atoms with Gasteiger partial charge in [0, 0.05) is 17.5 Å². The smallest absolute Gasteiger partial charge is 0.224 e. The van der Waals surface area contributed by atoms with Gasteiger partial charge in [0.25, 0.3) is 0 Å². The molecule has 1 aromatic rings. The normalized spacial score (nSPS) is 21.9. The quantitative estimate of drug-likeness (QED) is 0.878. The molecule has 0 bridgehead atoms. The molecule has 0 saturated heterocycles. The summed E-state index contributed by atoms with van der Waals surface area (Å²) in [6, 6.07) is 5.30. The summed E-state index contributed by atoms with van der Waals surface area (Å²) < 4.78 is 5.08. The fourth-order valence-corrected chi connectivity index (χ4v) is 2.94.